The number of hydrogen-bond donors (Lipinski definition) is 3. The average molecular weight is 503 g/mol. The van der Waals surface area contributed by atoms with Gasteiger partial charge in [0.1, 0.15) is 12.3 Å². The molecule has 0 spiro atoms. The molecule has 3 heterocycles. The van der Waals surface area contributed by atoms with Gasteiger partial charge in [0, 0.05) is 18.5 Å². The van der Waals surface area contributed by atoms with E-state index in [2.05, 4.69) is 10.7 Å². The summed E-state index contributed by atoms with van der Waals surface area (Å²) in [5.74, 6) is -2.23. The van der Waals surface area contributed by atoms with Crippen molar-refractivity contribution in [3.05, 3.63) is 23.3 Å². The number of carboxylic acid groups (broad SMARTS) is 1. The molecule has 14 nitrogen and oxygen atoms in total. The van der Waals surface area contributed by atoms with Crippen LogP contribution in [0.2, 0.25) is 0 Å². The zero-order chi connectivity index (χ0) is 26.0. The summed E-state index contributed by atoms with van der Waals surface area (Å²) in [6.07, 6.45) is 0.134. The molecule has 2 atom stereocenters. The third-order valence-corrected chi connectivity index (χ3v) is 6.06. The number of urea groups is 1. The molecule has 0 aliphatic carbocycles. The summed E-state index contributed by atoms with van der Waals surface area (Å²) in [6.45, 7) is 1.77. The second-order valence-electron chi connectivity index (χ2n) is 8.51. The molecule has 5 amide bonds. The van der Waals surface area contributed by atoms with Crippen molar-refractivity contribution in [2.45, 2.75) is 44.7 Å². The van der Waals surface area contributed by atoms with Crippen LogP contribution in [-0.2, 0) is 19.2 Å². The Bertz CT molecular complexity index is 1120. The molecule has 1 aromatic rings. The first-order chi connectivity index (χ1) is 17.2. The van der Waals surface area contributed by atoms with Crippen molar-refractivity contribution >= 4 is 36.0 Å². The van der Waals surface area contributed by atoms with Gasteiger partial charge in [-0.3, -0.25) is 24.6 Å². The predicted octanol–water partition coefficient (Wildman–Crippen LogP) is -0.439. The van der Waals surface area contributed by atoms with Crippen molar-refractivity contribution in [2.24, 2.45) is 0 Å². The fourth-order valence-corrected chi connectivity index (χ4v) is 4.29. The number of carbonyl (C=O) groups excluding carboxylic acids is 5. The number of carboxylic acids is 1. The van der Waals surface area contributed by atoms with Gasteiger partial charge in [0.2, 0.25) is 18.6 Å². The van der Waals surface area contributed by atoms with Gasteiger partial charge in [-0.2, -0.15) is 0 Å². The zero-order valence-electron chi connectivity index (χ0n) is 19.4. The van der Waals surface area contributed by atoms with Gasteiger partial charge in [0.15, 0.2) is 11.5 Å². The van der Waals surface area contributed by atoms with Gasteiger partial charge in [0.25, 0.3) is 5.91 Å². The van der Waals surface area contributed by atoms with E-state index in [1.807, 2.05) is 0 Å². The van der Waals surface area contributed by atoms with Crippen molar-refractivity contribution in [1.82, 2.24) is 25.8 Å². The molecule has 3 aliphatic heterocycles. The van der Waals surface area contributed by atoms with Crippen LogP contribution in [0.25, 0.3) is 0 Å². The van der Waals surface area contributed by atoms with E-state index in [0.717, 1.165) is 15.0 Å². The summed E-state index contributed by atoms with van der Waals surface area (Å²) in [4.78, 5) is 74.4. The summed E-state index contributed by atoms with van der Waals surface area (Å²) in [5.41, 5.74) is 3.32. The van der Waals surface area contributed by atoms with Gasteiger partial charge in [0.05, 0.1) is 19.0 Å². The average Bonchev–Trinajstić information content (AvgIpc) is 3.26. The monoisotopic (exact) mass is 503 g/mol. The van der Waals surface area contributed by atoms with Crippen molar-refractivity contribution < 1.29 is 43.3 Å². The Labute approximate surface area is 205 Å². The summed E-state index contributed by atoms with van der Waals surface area (Å²) in [5, 5.41) is 14.3. The minimum absolute atomic E-state index is 0.0260. The van der Waals surface area contributed by atoms with E-state index in [9.17, 15) is 28.8 Å². The second kappa shape index (κ2) is 10.1. The number of rotatable bonds is 7. The number of nitrogens with zero attached hydrogens (tertiary/aromatic N) is 3. The number of amides is 5. The summed E-state index contributed by atoms with van der Waals surface area (Å²) in [7, 11) is 0. The molecular weight excluding hydrogens is 478 g/mol. The minimum atomic E-state index is -1.30. The molecule has 2 fully saturated rings. The SMILES string of the molecule is Cc1cc2c(cc1C(=O)NN1CCC(=O)N3CCCC(C(=O)NC(C=O)CC(=O)O)N3C1=O)OCO2. The molecule has 0 bridgehead atoms. The molecule has 3 N–H and O–H groups in total. The number of aldehydes is 1. The number of benzene rings is 1. The van der Waals surface area contributed by atoms with Crippen molar-refractivity contribution in [3.63, 3.8) is 0 Å². The Balaban J connectivity index is 1.55. The van der Waals surface area contributed by atoms with Crippen molar-refractivity contribution in [3.8, 4) is 11.5 Å². The number of aliphatic carboxylic acids is 1. The number of fused-ring (bicyclic) bond motifs is 2. The van der Waals surface area contributed by atoms with E-state index in [1.54, 1.807) is 13.0 Å². The molecule has 36 heavy (non-hydrogen) atoms. The van der Waals surface area contributed by atoms with Gasteiger partial charge < -0.3 is 24.7 Å². The first-order valence-corrected chi connectivity index (χ1v) is 11.3. The highest BCUT2D eigenvalue weighted by Crippen LogP contribution is 2.34. The van der Waals surface area contributed by atoms with E-state index < -0.39 is 48.2 Å². The van der Waals surface area contributed by atoms with Gasteiger partial charge in [-0.25, -0.2) is 19.8 Å². The van der Waals surface area contributed by atoms with Crippen molar-refractivity contribution in [1.29, 1.82) is 0 Å². The highest BCUT2D eigenvalue weighted by Gasteiger charge is 2.44. The number of carbonyl (C=O) groups is 6. The lowest BCUT2D eigenvalue weighted by Crippen LogP contribution is -2.64. The fraction of sp³-hybridized carbons (Fsp3) is 0.455. The lowest BCUT2D eigenvalue weighted by molar-refractivity contribution is -0.155. The summed E-state index contributed by atoms with van der Waals surface area (Å²) in [6, 6.07) is -0.165. The Morgan fingerprint density at radius 3 is 2.61 bits per heavy atom. The van der Waals surface area contributed by atoms with E-state index in [4.69, 9.17) is 14.6 Å². The van der Waals surface area contributed by atoms with Gasteiger partial charge >= 0.3 is 12.0 Å². The maximum absolute atomic E-state index is 13.5. The normalized spacial score (nSPS) is 19.8. The lowest BCUT2D eigenvalue weighted by Gasteiger charge is -2.42. The topological polar surface area (TPSA) is 175 Å². The highest BCUT2D eigenvalue weighted by molar-refractivity contribution is 5.98. The third kappa shape index (κ3) is 4.87. The zero-order valence-corrected chi connectivity index (χ0v) is 19.4. The fourth-order valence-electron chi connectivity index (χ4n) is 4.29. The van der Waals surface area contributed by atoms with E-state index >= 15 is 0 Å². The summed E-state index contributed by atoms with van der Waals surface area (Å²) >= 11 is 0. The van der Waals surface area contributed by atoms with Crippen LogP contribution in [-0.4, -0.2) is 88.1 Å². The van der Waals surface area contributed by atoms with E-state index in [-0.39, 0.29) is 38.3 Å². The van der Waals surface area contributed by atoms with Crippen LogP contribution >= 0.6 is 0 Å². The molecule has 0 radical (unpaired) electrons. The molecule has 4 rings (SSSR count). The largest absolute Gasteiger partial charge is 0.481 e. The Kier molecular flexibility index (Phi) is 6.94. The predicted molar refractivity (Wildman–Crippen MR) is 118 cm³/mol. The Morgan fingerprint density at radius 2 is 1.92 bits per heavy atom. The first-order valence-electron chi connectivity index (χ1n) is 11.3. The lowest BCUT2D eigenvalue weighted by atomic mass is 10.1. The van der Waals surface area contributed by atoms with Crippen LogP contribution in [0.5, 0.6) is 11.5 Å². The number of ether oxygens (including phenoxy) is 2. The molecule has 3 aliphatic rings. The molecule has 1 aromatic carbocycles. The van der Waals surface area contributed by atoms with Gasteiger partial charge in [-0.15, -0.1) is 0 Å². The van der Waals surface area contributed by atoms with Gasteiger partial charge in [-0.1, -0.05) is 0 Å². The summed E-state index contributed by atoms with van der Waals surface area (Å²) < 4.78 is 10.6. The molecule has 192 valence electrons. The minimum Gasteiger partial charge on any atom is -0.481 e. The Hall–Kier alpha value is -4.36. The van der Waals surface area contributed by atoms with Crippen LogP contribution in [0.15, 0.2) is 12.1 Å². The standard InChI is InChI=1S/C22H25N5O9/c1-12-7-16-17(36-11-35-16)9-14(12)20(32)24-25-6-4-18(29)26-5-2-3-15(27(26)22(25)34)21(33)23-13(10-28)8-19(30)31/h7,9-10,13,15H,2-6,8,11H2,1H3,(H,23,33)(H,24,32)(H,30,31). The maximum atomic E-state index is 13.5. The molecule has 0 aromatic heterocycles. The van der Waals surface area contributed by atoms with Crippen LogP contribution in [0.1, 0.15) is 41.6 Å². The van der Waals surface area contributed by atoms with Crippen LogP contribution in [0, 0.1) is 6.92 Å². The van der Waals surface area contributed by atoms with Crippen LogP contribution < -0.4 is 20.2 Å². The number of aryl methyl sites for hydroxylation is 1. The second-order valence-corrected chi connectivity index (χ2v) is 8.51. The Morgan fingerprint density at radius 1 is 1.19 bits per heavy atom. The molecule has 0 saturated carbocycles. The maximum Gasteiger partial charge on any atom is 0.358 e. The first kappa shape index (κ1) is 24.8. The molecular formula is C22H25N5O9. The third-order valence-electron chi connectivity index (χ3n) is 6.06. The number of hydrazine groups is 2. The van der Waals surface area contributed by atoms with Crippen LogP contribution in [0.4, 0.5) is 4.79 Å². The molecule has 2 saturated heterocycles. The molecule has 2 unspecified atom stereocenters. The van der Waals surface area contributed by atoms with E-state index in [0.29, 0.717) is 29.8 Å². The smallest absolute Gasteiger partial charge is 0.358 e. The van der Waals surface area contributed by atoms with E-state index in [1.165, 1.54) is 6.07 Å². The highest BCUT2D eigenvalue weighted by atomic mass is 16.7. The number of nitrogens with one attached hydrogen (secondary N) is 2. The van der Waals surface area contributed by atoms with Crippen molar-refractivity contribution in [2.75, 3.05) is 19.9 Å². The number of hydrogen-bond acceptors (Lipinski definition) is 8. The quantitative estimate of drug-likeness (QED) is 0.417. The van der Waals surface area contributed by atoms with Gasteiger partial charge in [-0.05, 0) is 37.5 Å². The molecule has 14 heteroatoms. The van der Waals surface area contributed by atoms with Crippen LogP contribution in [0.3, 0.4) is 0 Å².